The molecule has 54 heavy (non-hydrogen) atoms. The van der Waals surface area contributed by atoms with Gasteiger partial charge in [0.25, 0.3) is 0 Å². The van der Waals surface area contributed by atoms with E-state index in [9.17, 15) is 14.4 Å². The zero-order valence-electron chi connectivity index (χ0n) is 35.7. The number of hydrogen-bond donors (Lipinski definition) is 0. The number of rotatable bonds is 41. The van der Waals surface area contributed by atoms with Crippen LogP contribution in [-0.4, -0.2) is 37.2 Å². The van der Waals surface area contributed by atoms with Crippen molar-refractivity contribution in [1.82, 2.24) is 0 Å². The maximum absolute atomic E-state index is 12.7. The summed E-state index contributed by atoms with van der Waals surface area (Å²) in [7, 11) is 0. The number of unbranched alkanes of at least 4 members (excludes halogenated alkanes) is 24. The number of carbonyl (C=O) groups excluding carboxylic acids is 3. The minimum Gasteiger partial charge on any atom is -0.462 e. The Morgan fingerprint density at radius 2 is 0.648 bits per heavy atom. The number of esters is 3. The van der Waals surface area contributed by atoms with Gasteiger partial charge in [0.2, 0.25) is 0 Å². The zero-order chi connectivity index (χ0) is 39.4. The summed E-state index contributed by atoms with van der Waals surface area (Å²) in [5.74, 6) is -0.942. The minimum absolute atomic E-state index is 0.0869. The van der Waals surface area contributed by atoms with Crippen LogP contribution in [0.1, 0.15) is 233 Å². The fourth-order valence-electron chi connectivity index (χ4n) is 6.30. The molecule has 0 aliphatic heterocycles. The zero-order valence-corrected chi connectivity index (χ0v) is 35.7. The van der Waals surface area contributed by atoms with E-state index in [4.69, 9.17) is 14.2 Å². The van der Waals surface area contributed by atoms with Crippen LogP contribution in [0.15, 0.2) is 36.5 Å². The average Bonchev–Trinajstić information content (AvgIpc) is 3.17. The van der Waals surface area contributed by atoms with Gasteiger partial charge in [-0.1, -0.05) is 166 Å². The van der Waals surface area contributed by atoms with E-state index in [1.54, 1.807) is 0 Å². The predicted molar refractivity (Wildman–Crippen MR) is 229 cm³/mol. The van der Waals surface area contributed by atoms with E-state index in [0.717, 1.165) is 77.0 Å². The molecule has 314 valence electrons. The summed E-state index contributed by atoms with van der Waals surface area (Å²) in [6.07, 6.45) is 48.5. The highest BCUT2D eigenvalue weighted by atomic mass is 16.6. The molecule has 0 aromatic heterocycles. The van der Waals surface area contributed by atoms with Crippen LogP contribution < -0.4 is 0 Å². The molecule has 0 radical (unpaired) electrons. The van der Waals surface area contributed by atoms with Crippen molar-refractivity contribution >= 4 is 17.9 Å². The van der Waals surface area contributed by atoms with Crippen LogP contribution in [0.5, 0.6) is 0 Å². The molecule has 1 atom stereocenters. The highest BCUT2D eigenvalue weighted by Crippen LogP contribution is 2.13. The molecule has 0 saturated carbocycles. The smallest absolute Gasteiger partial charge is 0.306 e. The third-order valence-electron chi connectivity index (χ3n) is 9.84. The van der Waals surface area contributed by atoms with Crippen molar-refractivity contribution in [2.45, 2.75) is 239 Å². The second kappa shape index (κ2) is 43.4. The van der Waals surface area contributed by atoms with E-state index in [0.29, 0.717) is 19.3 Å². The summed E-state index contributed by atoms with van der Waals surface area (Å²) < 4.78 is 16.6. The first-order valence-corrected chi connectivity index (χ1v) is 23.0. The summed E-state index contributed by atoms with van der Waals surface area (Å²) in [4.78, 5) is 37.6. The van der Waals surface area contributed by atoms with Crippen LogP contribution in [-0.2, 0) is 28.6 Å². The molecule has 0 fully saturated rings. The molecule has 0 spiro atoms. The van der Waals surface area contributed by atoms with E-state index in [2.05, 4.69) is 57.2 Å². The Morgan fingerprint density at radius 1 is 0.352 bits per heavy atom. The van der Waals surface area contributed by atoms with Crippen molar-refractivity contribution in [3.8, 4) is 0 Å². The molecule has 0 aromatic rings. The quantitative estimate of drug-likeness (QED) is 0.0267. The van der Waals surface area contributed by atoms with Gasteiger partial charge in [-0.25, -0.2) is 0 Å². The van der Waals surface area contributed by atoms with Gasteiger partial charge >= 0.3 is 17.9 Å². The predicted octanol–water partition coefficient (Wildman–Crippen LogP) is 14.6. The highest BCUT2D eigenvalue weighted by Gasteiger charge is 2.19. The average molecular weight is 759 g/mol. The molecular formula is C48H86O6. The SMILES string of the molecule is CCCC/C=C\CCCCCCC(=O)OC(COC(=O)CCC/C=C\CCCCCC)COC(=O)CCCCCCCCC/C=C\CCCCCCCC. The first-order chi connectivity index (χ1) is 26.5. The van der Waals surface area contributed by atoms with E-state index < -0.39 is 6.10 Å². The molecule has 0 rings (SSSR count). The summed E-state index contributed by atoms with van der Waals surface area (Å²) in [5, 5.41) is 0. The molecule has 0 heterocycles. The normalized spacial score (nSPS) is 12.3. The second-order valence-corrected chi connectivity index (χ2v) is 15.3. The third-order valence-corrected chi connectivity index (χ3v) is 9.84. The van der Waals surface area contributed by atoms with Crippen LogP contribution in [0.4, 0.5) is 0 Å². The minimum atomic E-state index is -0.785. The monoisotopic (exact) mass is 759 g/mol. The Hall–Kier alpha value is -2.37. The number of carbonyl (C=O) groups is 3. The standard InChI is InChI=1S/C48H86O6/c1-4-7-10-13-16-19-21-22-23-24-25-26-27-30-32-35-38-41-47(50)53-44-45(43-52-46(49)40-37-34-31-28-18-15-12-9-6-3)54-48(51)42-39-36-33-29-20-17-14-11-8-5-2/h14,17,22-23,28,31,45H,4-13,15-16,18-21,24-27,29-30,32-44H2,1-3H3/b17-14-,23-22-,31-28-. The molecular weight excluding hydrogens is 673 g/mol. The van der Waals surface area contributed by atoms with E-state index >= 15 is 0 Å². The van der Waals surface area contributed by atoms with Crippen molar-refractivity contribution in [3.63, 3.8) is 0 Å². The van der Waals surface area contributed by atoms with Crippen molar-refractivity contribution in [3.05, 3.63) is 36.5 Å². The van der Waals surface area contributed by atoms with Crippen molar-refractivity contribution < 1.29 is 28.6 Å². The fourth-order valence-corrected chi connectivity index (χ4v) is 6.30. The van der Waals surface area contributed by atoms with Crippen molar-refractivity contribution in [2.75, 3.05) is 13.2 Å². The topological polar surface area (TPSA) is 78.9 Å². The molecule has 0 aromatic carbocycles. The molecule has 0 amide bonds. The lowest BCUT2D eigenvalue weighted by atomic mass is 10.1. The summed E-state index contributed by atoms with van der Waals surface area (Å²) in [5.41, 5.74) is 0. The summed E-state index contributed by atoms with van der Waals surface area (Å²) in [6.45, 7) is 6.51. The van der Waals surface area contributed by atoms with Gasteiger partial charge < -0.3 is 14.2 Å². The largest absolute Gasteiger partial charge is 0.462 e. The van der Waals surface area contributed by atoms with E-state index in [1.165, 1.54) is 116 Å². The first kappa shape index (κ1) is 51.6. The fraction of sp³-hybridized carbons (Fsp3) is 0.812. The van der Waals surface area contributed by atoms with E-state index in [-0.39, 0.29) is 31.1 Å². The Balaban J connectivity index is 4.32. The van der Waals surface area contributed by atoms with Gasteiger partial charge in [-0.3, -0.25) is 14.4 Å². The lowest BCUT2D eigenvalue weighted by molar-refractivity contribution is -0.167. The number of ether oxygens (including phenoxy) is 3. The third kappa shape index (κ3) is 40.8. The van der Waals surface area contributed by atoms with Crippen molar-refractivity contribution in [2.24, 2.45) is 0 Å². The van der Waals surface area contributed by atoms with Gasteiger partial charge in [0.05, 0.1) is 0 Å². The van der Waals surface area contributed by atoms with E-state index in [1.807, 2.05) is 0 Å². The lowest BCUT2D eigenvalue weighted by Crippen LogP contribution is -2.30. The second-order valence-electron chi connectivity index (χ2n) is 15.3. The van der Waals surface area contributed by atoms with Gasteiger partial charge in [-0.2, -0.15) is 0 Å². The van der Waals surface area contributed by atoms with Crippen LogP contribution in [0.25, 0.3) is 0 Å². The molecule has 6 nitrogen and oxygen atoms in total. The number of allylic oxidation sites excluding steroid dienone is 6. The molecule has 0 saturated heterocycles. The van der Waals surface area contributed by atoms with Crippen LogP contribution in [0, 0.1) is 0 Å². The van der Waals surface area contributed by atoms with Gasteiger partial charge in [0, 0.05) is 19.3 Å². The Morgan fingerprint density at radius 3 is 1.07 bits per heavy atom. The molecule has 0 aliphatic rings. The Bertz CT molecular complexity index is 922. The van der Waals surface area contributed by atoms with Gasteiger partial charge in [-0.05, 0) is 83.5 Å². The summed E-state index contributed by atoms with van der Waals surface area (Å²) >= 11 is 0. The van der Waals surface area contributed by atoms with Crippen LogP contribution in [0.3, 0.4) is 0 Å². The van der Waals surface area contributed by atoms with Crippen LogP contribution in [0.2, 0.25) is 0 Å². The first-order valence-electron chi connectivity index (χ1n) is 23.0. The molecule has 0 aliphatic carbocycles. The highest BCUT2D eigenvalue weighted by molar-refractivity contribution is 5.71. The molecule has 1 unspecified atom stereocenters. The maximum atomic E-state index is 12.7. The Labute approximate surface area is 334 Å². The van der Waals surface area contributed by atoms with Crippen LogP contribution >= 0.6 is 0 Å². The van der Waals surface area contributed by atoms with Gasteiger partial charge in [0.15, 0.2) is 6.10 Å². The molecule has 0 bridgehead atoms. The lowest BCUT2D eigenvalue weighted by Gasteiger charge is -2.18. The Kier molecular flexibility index (Phi) is 41.5. The van der Waals surface area contributed by atoms with Gasteiger partial charge in [-0.15, -0.1) is 0 Å². The maximum Gasteiger partial charge on any atom is 0.306 e. The number of hydrogen-bond acceptors (Lipinski definition) is 6. The van der Waals surface area contributed by atoms with Crippen molar-refractivity contribution in [1.29, 1.82) is 0 Å². The van der Waals surface area contributed by atoms with Gasteiger partial charge in [0.1, 0.15) is 13.2 Å². The summed E-state index contributed by atoms with van der Waals surface area (Å²) in [6, 6.07) is 0. The molecule has 0 N–H and O–H groups in total. The molecule has 6 heteroatoms.